The maximum Gasteiger partial charge on any atom is 0.160 e. The highest BCUT2D eigenvalue weighted by atomic mass is 32.2. The molecule has 1 saturated heterocycles. The standard InChI is InChI=1S/C29H31N3O3S/c30-15-3-17-32-18-13-29(14-19-32)12-11-26-20-25(9-10-28(26)35-29)24-7-5-23(6-8-24)21-36(33,34)22-27-4-1-2-16-31-27/h1-2,4-10,16,20H,3,11-14,17-19,21-22H2. The highest BCUT2D eigenvalue weighted by Crippen LogP contribution is 2.40. The molecule has 2 aromatic carbocycles. The number of aromatic nitrogens is 1. The van der Waals surface area contributed by atoms with Gasteiger partial charge in [0.2, 0.25) is 0 Å². The van der Waals surface area contributed by atoms with Gasteiger partial charge in [0.15, 0.2) is 9.84 Å². The summed E-state index contributed by atoms with van der Waals surface area (Å²) in [5.41, 5.74) is 4.67. The van der Waals surface area contributed by atoms with Crippen molar-refractivity contribution in [2.45, 2.75) is 49.2 Å². The zero-order chi connectivity index (χ0) is 25.0. The van der Waals surface area contributed by atoms with Crippen molar-refractivity contribution in [1.82, 2.24) is 9.88 Å². The van der Waals surface area contributed by atoms with Crippen LogP contribution in [0.4, 0.5) is 0 Å². The van der Waals surface area contributed by atoms with E-state index in [1.807, 2.05) is 24.3 Å². The summed E-state index contributed by atoms with van der Waals surface area (Å²) >= 11 is 0. The summed E-state index contributed by atoms with van der Waals surface area (Å²) in [4.78, 5) is 6.50. The third-order valence-electron chi connectivity index (χ3n) is 7.31. The number of fused-ring (bicyclic) bond motifs is 1. The summed E-state index contributed by atoms with van der Waals surface area (Å²) < 4.78 is 31.8. The SMILES string of the molecule is N#CCCN1CCC2(CCc3cc(-c4ccc(CS(=O)(=O)Cc5ccccn5)cc4)ccc3O2)CC1. The Bertz CT molecular complexity index is 1340. The number of likely N-dealkylation sites (tertiary alicyclic amines) is 1. The van der Waals surface area contributed by atoms with Crippen molar-refractivity contribution in [3.8, 4) is 22.9 Å². The molecule has 2 aliphatic rings. The van der Waals surface area contributed by atoms with Crippen LogP contribution in [0.15, 0.2) is 66.9 Å². The second-order valence-electron chi connectivity index (χ2n) is 9.91. The predicted molar refractivity (Wildman–Crippen MR) is 140 cm³/mol. The molecule has 3 aromatic rings. The van der Waals surface area contributed by atoms with E-state index in [2.05, 4.69) is 34.2 Å². The van der Waals surface area contributed by atoms with Gasteiger partial charge in [-0.25, -0.2) is 8.42 Å². The Morgan fingerprint density at radius 3 is 2.47 bits per heavy atom. The summed E-state index contributed by atoms with van der Waals surface area (Å²) in [7, 11) is -3.30. The lowest BCUT2D eigenvalue weighted by atomic mass is 9.82. The first-order valence-electron chi connectivity index (χ1n) is 12.5. The van der Waals surface area contributed by atoms with Crippen molar-refractivity contribution in [3.63, 3.8) is 0 Å². The molecule has 6 nitrogen and oxygen atoms in total. The first-order chi connectivity index (χ1) is 17.4. The molecule has 186 valence electrons. The number of piperidine rings is 1. The van der Waals surface area contributed by atoms with Gasteiger partial charge in [-0.3, -0.25) is 4.98 Å². The van der Waals surface area contributed by atoms with Gasteiger partial charge in [-0.1, -0.05) is 36.4 Å². The average Bonchev–Trinajstić information content (AvgIpc) is 2.89. The van der Waals surface area contributed by atoms with E-state index in [0.717, 1.165) is 67.8 Å². The Morgan fingerprint density at radius 1 is 0.972 bits per heavy atom. The zero-order valence-corrected chi connectivity index (χ0v) is 21.2. The topological polar surface area (TPSA) is 83.3 Å². The minimum atomic E-state index is -3.30. The molecule has 1 aromatic heterocycles. The lowest BCUT2D eigenvalue weighted by Crippen LogP contribution is -2.49. The first-order valence-corrected chi connectivity index (χ1v) is 14.4. The predicted octanol–water partition coefficient (Wildman–Crippen LogP) is 4.94. The minimum Gasteiger partial charge on any atom is -0.487 e. The maximum atomic E-state index is 12.6. The normalized spacial score (nSPS) is 17.2. The molecule has 0 amide bonds. The highest BCUT2D eigenvalue weighted by Gasteiger charge is 2.39. The van der Waals surface area contributed by atoms with Crippen LogP contribution in [0.3, 0.4) is 0 Å². The van der Waals surface area contributed by atoms with E-state index in [-0.39, 0.29) is 17.1 Å². The van der Waals surface area contributed by atoms with E-state index >= 15 is 0 Å². The van der Waals surface area contributed by atoms with E-state index < -0.39 is 9.84 Å². The van der Waals surface area contributed by atoms with Crippen LogP contribution < -0.4 is 4.74 Å². The number of benzene rings is 2. The van der Waals surface area contributed by atoms with Gasteiger partial charge < -0.3 is 9.64 Å². The second kappa shape index (κ2) is 10.4. The van der Waals surface area contributed by atoms with Crippen molar-refractivity contribution in [2.75, 3.05) is 19.6 Å². The fourth-order valence-corrected chi connectivity index (χ4v) is 6.68. The highest BCUT2D eigenvalue weighted by molar-refractivity contribution is 7.89. The van der Waals surface area contributed by atoms with Crippen LogP contribution in [0.5, 0.6) is 5.75 Å². The smallest absolute Gasteiger partial charge is 0.160 e. The fourth-order valence-electron chi connectivity index (χ4n) is 5.25. The van der Waals surface area contributed by atoms with Crippen molar-refractivity contribution >= 4 is 9.84 Å². The molecule has 7 heteroatoms. The summed E-state index contributed by atoms with van der Waals surface area (Å²) in [5.74, 6) is 0.922. The number of hydrogen-bond donors (Lipinski definition) is 0. The molecule has 1 spiro atoms. The molecule has 0 atom stereocenters. The monoisotopic (exact) mass is 501 g/mol. The third-order valence-corrected chi connectivity index (χ3v) is 8.82. The molecule has 3 heterocycles. The Balaban J connectivity index is 1.22. The number of aryl methyl sites for hydroxylation is 1. The molecular formula is C29H31N3O3S. The molecule has 1 fully saturated rings. The summed E-state index contributed by atoms with van der Waals surface area (Å²) in [6, 6.07) is 21.7. The molecule has 0 aliphatic carbocycles. The summed E-state index contributed by atoms with van der Waals surface area (Å²) in [6.07, 6.45) is 6.22. The van der Waals surface area contributed by atoms with Gasteiger partial charge in [0.05, 0.1) is 23.3 Å². The van der Waals surface area contributed by atoms with Gasteiger partial charge in [-0.15, -0.1) is 0 Å². The maximum absolute atomic E-state index is 12.6. The van der Waals surface area contributed by atoms with E-state index in [9.17, 15) is 8.42 Å². The Kier molecular flexibility index (Phi) is 7.08. The summed E-state index contributed by atoms with van der Waals surface area (Å²) in [5, 5.41) is 8.83. The molecule has 0 N–H and O–H groups in total. The lowest BCUT2D eigenvalue weighted by molar-refractivity contribution is -0.0139. The number of nitriles is 1. The molecule has 0 radical (unpaired) electrons. The third kappa shape index (κ3) is 5.77. The van der Waals surface area contributed by atoms with Gasteiger partial charge in [0, 0.05) is 32.3 Å². The number of pyridine rings is 1. The van der Waals surface area contributed by atoms with Gasteiger partial charge in [0.1, 0.15) is 11.4 Å². The molecular weight excluding hydrogens is 470 g/mol. The van der Waals surface area contributed by atoms with Crippen molar-refractivity contribution in [3.05, 3.63) is 83.7 Å². The summed E-state index contributed by atoms with van der Waals surface area (Å²) in [6.45, 7) is 2.82. The van der Waals surface area contributed by atoms with Crippen molar-refractivity contribution in [2.24, 2.45) is 0 Å². The number of nitrogens with zero attached hydrogens (tertiary/aromatic N) is 3. The lowest BCUT2D eigenvalue weighted by Gasteiger charge is -2.44. The molecule has 2 aliphatic heterocycles. The molecule has 36 heavy (non-hydrogen) atoms. The minimum absolute atomic E-state index is 0.00208. The zero-order valence-electron chi connectivity index (χ0n) is 20.4. The number of sulfone groups is 1. The van der Waals surface area contributed by atoms with E-state index in [4.69, 9.17) is 10.00 Å². The molecule has 0 bridgehead atoms. The fraction of sp³-hybridized carbons (Fsp3) is 0.379. The number of ether oxygens (including phenoxy) is 1. The van der Waals surface area contributed by atoms with Crippen LogP contribution >= 0.6 is 0 Å². The van der Waals surface area contributed by atoms with Gasteiger partial charge in [-0.05, 0) is 72.2 Å². The van der Waals surface area contributed by atoms with Crippen molar-refractivity contribution < 1.29 is 13.2 Å². The number of hydrogen-bond acceptors (Lipinski definition) is 6. The van der Waals surface area contributed by atoms with Crippen molar-refractivity contribution in [1.29, 1.82) is 5.26 Å². The van der Waals surface area contributed by atoms with Crippen LogP contribution in [0.2, 0.25) is 0 Å². The van der Waals surface area contributed by atoms with Gasteiger partial charge in [0.25, 0.3) is 0 Å². The van der Waals surface area contributed by atoms with E-state index in [0.29, 0.717) is 12.1 Å². The van der Waals surface area contributed by atoms with Crippen LogP contribution in [-0.2, 0) is 27.8 Å². The Labute approximate surface area is 213 Å². The van der Waals surface area contributed by atoms with Crippen LogP contribution in [-0.4, -0.2) is 43.5 Å². The molecule has 0 saturated carbocycles. The van der Waals surface area contributed by atoms with Gasteiger partial charge >= 0.3 is 0 Å². The number of rotatable bonds is 7. The first kappa shape index (κ1) is 24.5. The van der Waals surface area contributed by atoms with Crippen LogP contribution in [0.1, 0.15) is 42.5 Å². The van der Waals surface area contributed by atoms with Crippen LogP contribution in [0.25, 0.3) is 11.1 Å². The van der Waals surface area contributed by atoms with Gasteiger partial charge in [-0.2, -0.15) is 5.26 Å². The average molecular weight is 502 g/mol. The quantitative estimate of drug-likeness (QED) is 0.456. The second-order valence-corrected chi connectivity index (χ2v) is 12.0. The van der Waals surface area contributed by atoms with E-state index in [1.165, 1.54) is 5.56 Å². The molecule has 0 unspecified atom stereocenters. The Morgan fingerprint density at radius 2 is 1.75 bits per heavy atom. The van der Waals surface area contributed by atoms with Crippen LogP contribution in [0, 0.1) is 11.3 Å². The van der Waals surface area contributed by atoms with E-state index in [1.54, 1.807) is 24.4 Å². The largest absolute Gasteiger partial charge is 0.487 e. The molecule has 5 rings (SSSR count). The Hall–Kier alpha value is -3.21.